The summed E-state index contributed by atoms with van der Waals surface area (Å²) in [6, 6.07) is 9.23. The van der Waals surface area contributed by atoms with E-state index in [4.69, 9.17) is 0 Å². The number of fused-ring (bicyclic) bond motifs is 1. The molecule has 0 saturated carbocycles. The summed E-state index contributed by atoms with van der Waals surface area (Å²) in [6.07, 6.45) is 1.76. The molecule has 7 heteroatoms. The van der Waals surface area contributed by atoms with Crippen LogP contribution in [-0.2, 0) is 0 Å². The number of nitrogens with one attached hydrogen (secondary N) is 2. The molecule has 0 aliphatic carbocycles. The van der Waals surface area contributed by atoms with Gasteiger partial charge in [-0.2, -0.15) is 10.2 Å². The first-order valence-electron chi connectivity index (χ1n) is 9.36. The van der Waals surface area contributed by atoms with E-state index in [0.717, 1.165) is 24.2 Å². The average Bonchev–Trinajstić information content (AvgIpc) is 3.19. The van der Waals surface area contributed by atoms with Crippen molar-refractivity contribution < 1.29 is 4.79 Å². The van der Waals surface area contributed by atoms with Crippen LogP contribution in [0.15, 0.2) is 35.1 Å². The van der Waals surface area contributed by atoms with E-state index in [-0.39, 0.29) is 11.5 Å². The molecule has 4 rings (SSSR count). The van der Waals surface area contributed by atoms with Crippen LogP contribution in [0, 0.1) is 0 Å². The second-order valence-corrected chi connectivity index (χ2v) is 7.42. The number of hydrogen-bond donors (Lipinski definition) is 2. The number of aromatic amines is 2. The first-order valence-corrected chi connectivity index (χ1v) is 9.36. The Morgan fingerprint density at radius 3 is 2.48 bits per heavy atom. The first kappa shape index (κ1) is 17.5. The predicted molar refractivity (Wildman–Crippen MR) is 103 cm³/mol. The van der Waals surface area contributed by atoms with E-state index in [2.05, 4.69) is 40.3 Å². The Kier molecular flexibility index (Phi) is 4.51. The number of carbonyl (C=O) groups excluding carboxylic acids is 1. The highest BCUT2D eigenvalue weighted by Gasteiger charge is 2.27. The molecule has 1 aliphatic rings. The topological polar surface area (TPSA) is 94.7 Å². The lowest BCUT2D eigenvalue weighted by Gasteiger charge is -2.31. The number of rotatable bonds is 3. The fraction of sp³-hybridized carbons (Fsp3) is 0.400. The summed E-state index contributed by atoms with van der Waals surface area (Å²) in [5.41, 5.74) is 2.26. The van der Waals surface area contributed by atoms with Gasteiger partial charge in [-0.1, -0.05) is 32.0 Å². The molecule has 3 heterocycles. The molecule has 27 heavy (non-hydrogen) atoms. The van der Waals surface area contributed by atoms with Gasteiger partial charge in [-0.15, -0.1) is 0 Å². The third-order valence-corrected chi connectivity index (χ3v) is 5.33. The summed E-state index contributed by atoms with van der Waals surface area (Å²) >= 11 is 0. The van der Waals surface area contributed by atoms with Gasteiger partial charge in [0.15, 0.2) is 5.69 Å². The molecule has 0 radical (unpaired) electrons. The lowest BCUT2D eigenvalue weighted by atomic mass is 9.92. The van der Waals surface area contributed by atoms with Gasteiger partial charge < -0.3 is 4.90 Å². The van der Waals surface area contributed by atoms with Crippen LogP contribution in [0.4, 0.5) is 0 Å². The maximum Gasteiger partial charge on any atom is 0.274 e. The van der Waals surface area contributed by atoms with Crippen LogP contribution in [0.1, 0.15) is 60.4 Å². The van der Waals surface area contributed by atoms with Crippen LogP contribution in [0.3, 0.4) is 0 Å². The Morgan fingerprint density at radius 2 is 1.81 bits per heavy atom. The van der Waals surface area contributed by atoms with E-state index in [0.29, 0.717) is 41.4 Å². The van der Waals surface area contributed by atoms with E-state index >= 15 is 0 Å². The van der Waals surface area contributed by atoms with Gasteiger partial charge in [0.2, 0.25) is 0 Å². The molecule has 0 spiro atoms. The molecule has 0 bridgehead atoms. The maximum absolute atomic E-state index is 13.0. The van der Waals surface area contributed by atoms with Crippen LogP contribution in [0.2, 0.25) is 0 Å². The molecule has 0 atom stereocenters. The highest BCUT2D eigenvalue weighted by molar-refractivity contribution is 6.04. The van der Waals surface area contributed by atoms with Crippen LogP contribution < -0.4 is 5.56 Å². The molecule has 2 N–H and O–H groups in total. The van der Waals surface area contributed by atoms with Crippen LogP contribution in [-0.4, -0.2) is 44.3 Å². The minimum absolute atomic E-state index is 0.131. The van der Waals surface area contributed by atoms with Crippen LogP contribution in [0.25, 0.3) is 10.8 Å². The van der Waals surface area contributed by atoms with Crippen molar-refractivity contribution in [2.24, 2.45) is 0 Å². The van der Waals surface area contributed by atoms with E-state index < -0.39 is 0 Å². The molecule has 1 aliphatic heterocycles. The highest BCUT2D eigenvalue weighted by Crippen LogP contribution is 2.29. The Bertz CT molecular complexity index is 1030. The standard InChI is InChI=1S/C20H23N5O2/c1-12(2)16-11-17(22-21-16)13-7-9-25(10-8-13)20(27)18-14-5-3-4-6-15(14)19(26)24-23-18/h3-6,11-13H,7-10H2,1-2H3,(H,21,22)(H,24,26). The van der Waals surface area contributed by atoms with E-state index in [1.807, 2.05) is 11.0 Å². The van der Waals surface area contributed by atoms with E-state index in [9.17, 15) is 9.59 Å². The molecular formula is C20H23N5O2. The molecule has 0 unspecified atom stereocenters. The monoisotopic (exact) mass is 365 g/mol. The number of H-pyrrole nitrogens is 2. The lowest BCUT2D eigenvalue weighted by Crippen LogP contribution is -2.38. The highest BCUT2D eigenvalue weighted by atomic mass is 16.2. The number of aromatic nitrogens is 4. The number of likely N-dealkylation sites (tertiary alicyclic amines) is 1. The van der Waals surface area contributed by atoms with Crippen LogP contribution in [0.5, 0.6) is 0 Å². The minimum Gasteiger partial charge on any atom is -0.337 e. The van der Waals surface area contributed by atoms with Gasteiger partial charge in [0.1, 0.15) is 0 Å². The van der Waals surface area contributed by atoms with Crippen molar-refractivity contribution >= 4 is 16.7 Å². The summed E-state index contributed by atoms with van der Waals surface area (Å²) in [5, 5.41) is 15.1. The normalized spacial score (nSPS) is 15.6. The third kappa shape index (κ3) is 3.25. The number of amides is 1. The predicted octanol–water partition coefficient (Wildman–Crippen LogP) is 2.79. The van der Waals surface area contributed by atoms with Crippen molar-refractivity contribution in [2.75, 3.05) is 13.1 Å². The van der Waals surface area contributed by atoms with Gasteiger partial charge in [0, 0.05) is 30.1 Å². The summed E-state index contributed by atoms with van der Waals surface area (Å²) in [5.74, 6) is 0.652. The summed E-state index contributed by atoms with van der Waals surface area (Å²) in [4.78, 5) is 26.7. The van der Waals surface area contributed by atoms with Crippen molar-refractivity contribution in [3.63, 3.8) is 0 Å². The zero-order valence-electron chi connectivity index (χ0n) is 15.5. The van der Waals surface area contributed by atoms with Gasteiger partial charge in [0.05, 0.1) is 11.1 Å². The number of nitrogens with zero attached hydrogens (tertiary/aromatic N) is 3. The summed E-state index contributed by atoms with van der Waals surface area (Å²) < 4.78 is 0. The molecular weight excluding hydrogens is 342 g/mol. The molecule has 1 saturated heterocycles. The molecule has 1 amide bonds. The van der Waals surface area contributed by atoms with Gasteiger partial charge in [0.25, 0.3) is 11.5 Å². The average molecular weight is 365 g/mol. The fourth-order valence-electron chi connectivity index (χ4n) is 3.68. The SMILES string of the molecule is CC(C)c1cc(C2CCN(C(=O)c3n[nH]c(=O)c4ccccc34)CC2)[nH]n1. The molecule has 1 aromatic carbocycles. The maximum atomic E-state index is 13.0. The zero-order chi connectivity index (χ0) is 19.0. The number of benzene rings is 1. The van der Waals surface area contributed by atoms with Crippen molar-refractivity contribution in [2.45, 2.75) is 38.5 Å². The quantitative estimate of drug-likeness (QED) is 0.746. The smallest absolute Gasteiger partial charge is 0.274 e. The van der Waals surface area contributed by atoms with Crippen molar-refractivity contribution in [3.8, 4) is 0 Å². The number of carbonyl (C=O) groups is 1. The van der Waals surface area contributed by atoms with E-state index in [1.54, 1.807) is 18.2 Å². The van der Waals surface area contributed by atoms with Gasteiger partial charge >= 0.3 is 0 Å². The Balaban J connectivity index is 1.51. The number of piperidine rings is 1. The van der Waals surface area contributed by atoms with Crippen molar-refractivity contribution in [1.29, 1.82) is 0 Å². The second-order valence-electron chi connectivity index (χ2n) is 7.42. The molecule has 3 aromatic rings. The first-order chi connectivity index (χ1) is 13.0. The largest absolute Gasteiger partial charge is 0.337 e. The minimum atomic E-state index is -0.277. The van der Waals surface area contributed by atoms with Gasteiger partial charge in [-0.05, 0) is 30.9 Å². The molecule has 140 valence electrons. The van der Waals surface area contributed by atoms with Gasteiger partial charge in [-0.25, -0.2) is 5.10 Å². The molecule has 1 fully saturated rings. The van der Waals surface area contributed by atoms with Gasteiger partial charge in [-0.3, -0.25) is 14.7 Å². The summed E-state index contributed by atoms with van der Waals surface area (Å²) in [7, 11) is 0. The van der Waals surface area contributed by atoms with Crippen LogP contribution >= 0.6 is 0 Å². The van der Waals surface area contributed by atoms with Crippen molar-refractivity contribution in [1.82, 2.24) is 25.3 Å². The second kappa shape index (κ2) is 6.98. The Labute approximate surface area is 156 Å². The Morgan fingerprint density at radius 1 is 1.11 bits per heavy atom. The molecule has 7 nitrogen and oxygen atoms in total. The third-order valence-electron chi connectivity index (χ3n) is 5.33. The Hall–Kier alpha value is -2.96. The lowest BCUT2D eigenvalue weighted by molar-refractivity contribution is 0.0707. The fourth-order valence-corrected chi connectivity index (χ4v) is 3.68. The molecule has 2 aromatic heterocycles. The zero-order valence-corrected chi connectivity index (χ0v) is 15.5. The number of hydrogen-bond acceptors (Lipinski definition) is 4. The van der Waals surface area contributed by atoms with E-state index in [1.165, 1.54) is 0 Å². The van der Waals surface area contributed by atoms with Crippen molar-refractivity contribution in [3.05, 3.63) is 57.8 Å². The summed E-state index contributed by atoms with van der Waals surface area (Å²) in [6.45, 7) is 5.58.